The topological polar surface area (TPSA) is 109 Å². The number of carbonyl (C=O) groups is 3. The highest BCUT2D eigenvalue weighted by atomic mass is 32.2. The van der Waals surface area contributed by atoms with Crippen LogP contribution in [0, 0.1) is 11.3 Å². The molecule has 2 aromatic rings. The lowest BCUT2D eigenvalue weighted by atomic mass is 10.1. The smallest absolute Gasteiger partial charge is 0.293 e. The normalized spacial score (nSPS) is 14.4. The molecule has 1 N–H and O–H groups in total. The largest absolute Gasteiger partial charge is 0.493 e. The molecule has 9 heteroatoms. The van der Waals surface area contributed by atoms with Crippen molar-refractivity contribution in [1.29, 1.82) is 5.26 Å². The van der Waals surface area contributed by atoms with Gasteiger partial charge in [0, 0.05) is 18.7 Å². The van der Waals surface area contributed by atoms with E-state index in [1.54, 1.807) is 48.5 Å². The molecule has 0 atom stereocenters. The second-order valence-corrected chi connectivity index (χ2v) is 7.61. The van der Waals surface area contributed by atoms with Gasteiger partial charge in [0.1, 0.15) is 0 Å². The van der Waals surface area contributed by atoms with Crippen LogP contribution in [0.3, 0.4) is 0 Å². The van der Waals surface area contributed by atoms with Gasteiger partial charge in [-0.3, -0.25) is 19.3 Å². The van der Waals surface area contributed by atoms with Gasteiger partial charge >= 0.3 is 0 Å². The third kappa shape index (κ3) is 5.28. The Morgan fingerprint density at radius 3 is 2.59 bits per heavy atom. The summed E-state index contributed by atoms with van der Waals surface area (Å²) >= 11 is 0.847. The van der Waals surface area contributed by atoms with Crippen LogP contribution in [0.15, 0.2) is 47.4 Å². The fourth-order valence-corrected chi connectivity index (χ4v) is 3.84. The van der Waals surface area contributed by atoms with Crippen molar-refractivity contribution in [2.75, 3.05) is 26.8 Å². The quantitative estimate of drug-likeness (QED) is 0.613. The molecule has 3 rings (SSSR count). The van der Waals surface area contributed by atoms with Crippen LogP contribution in [0.2, 0.25) is 0 Å². The zero-order chi connectivity index (χ0) is 23.1. The molecular formula is C23H21N3O5S. The number of nitrogens with one attached hydrogen (secondary N) is 1. The molecule has 1 fully saturated rings. The van der Waals surface area contributed by atoms with E-state index < -0.39 is 11.1 Å². The van der Waals surface area contributed by atoms with E-state index in [2.05, 4.69) is 5.32 Å². The van der Waals surface area contributed by atoms with Gasteiger partial charge in [-0.2, -0.15) is 5.26 Å². The number of carbonyl (C=O) groups excluding carboxylic acids is 3. The lowest BCUT2D eigenvalue weighted by Crippen LogP contribution is -2.37. The van der Waals surface area contributed by atoms with Crippen LogP contribution >= 0.6 is 11.8 Å². The van der Waals surface area contributed by atoms with Crippen LogP contribution in [0.25, 0.3) is 6.08 Å². The predicted octanol–water partition coefficient (Wildman–Crippen LogP) is 3.43. The molecule has 0 aliphatic carbocycles. The molecule has 0 unspecified atom stereocenters. The molecule has 1 aliphatic heterocycles. The minimum absolute atomic E-state index is 0.0522. The van der Waals surface area contributed by atoms with E-state index >= 15 is 0 Å². The number of methoxy groups -OCH3 is 1. The Morgan fingerprint density at radius 2 is 1.94 bits per heavy atom. The van der Waals surface area contributed by atoms with Crippen LogP contribution in [0.1, 0.15) is 28.4 Å². The summed E-state index contributed by atoms with van der Waals surface area (Å²) in [6.07, 6.45) is 1.62. The van der Waals surface area contributed by atoms with Crippen molar-refractivity contribution in [3.63, 3.8) is 0 Å². The van der Waals surface area contributed by atoms with Gasteiger partial charge in [0.05, 0.1) is 30.3 Å². The summed E-state index contributed by atoms with van der Waals surface area (Å²) in [6, 6.07) is 13.4. The van der Waals surface area contributed by atoms with Crippen molar-refractivity contribution in [1.82, 2.24) is 10.2 Å². The number of thioether (sulfide) groups is 1. The fourth-order valence-electron chi connectivity index (χ4n) is 2.97. The number of nitrogens with zero attached hydrogens (tertiary/aromatic N) is 2. The summed E-state index contributed by atoms with van der Waals surface area (Å²) in [7, 11) is 1.53. The van der Waals surface area contributed by atoms with Crippen molar-refractivity contribution < 1.29 is 23.9 Å². The first kappa shape index (κ1) is 22.9. The molecule has 8 nitrogen and oxygen atoms in total. The van der Waals surface area contributed by atoms with Gasteiger partial charge in [-0.1, -0.05) is 6.07 Å². The minimum atomic E-state index is -0.416. The lowest BCUT2D eigenvalue weighted by molar-refractivity contribution is -0.122. The summed E-state index contributed by atoms with van der Waals surface area (Å²) in [4.78, 5) is 38.6. The first-order valence-electron chi connectivity index (χ1n) is 9.81. The van der Waals surface area contributed by atoms with E-state index in [0.29, 0.717) is 39.7 Å². The number of ether oxygens (including phenoxy) is 2. The standard InChI is InChI=1S/C23H21N3O5S/c1-3-31-18-9-6-16(12-19(18)30-2)13-20-22(28)26(23(29)32-20)11-10-25-21(27)17-7-4-15(14-24)5-8-17/h4-9,12-13H,3,10-11H2,1-2H3,(H,25,27). The highest BCUT2D eigenvalue weighted by Crippen LogP contribution is 2.34. The maximum absolute atomic E-state index is 12.7. The van der Waals surface area contributed by atoms with Gasteiger partial charge in [-0.05, 0) is 66.7 Å². The van der Waals surface area contributed by atoms with Gasteiger partial charge in [-0.15, -0.1) is 0 Å². The van der Waals surface area contributed by atoms with E-state index in [4.69, 9.17) is 14.7 Å². The molecule has 0 radical (unpaired) electrons. The Labute approximate surface area is 189 Å². The van der Waals surface area contributed by atoms with E-state index in [0.717, 1.165) is 16.7 Å². The molecule has 1 heterocycles. The zero-order valence-corrected chi connectivity index (χ0v) is 18.4. The van der Waals surface area contributed by atoms with Crippen LogP contribution in [-0.2, 0) is 4.79 Å². The maximum atomic E-state index is 12.7. The molecule has 164 valence electrons. The minimum Gasteiger partial charge on any atom is -0.493 e. The van der Waals surface area contributed by atoms with Gasteiger partial charge in [0.2, 0.25) is 0 Å². The Kier molecular flexibility index (Phi) is 7.52. The molecular weight excluding hydrogens is 430 g/mol. The maximum Gasteiger partial charge on any atom is 0.293 e. The number of nitriles is 1. The van der Waals surface area contributed by atoms with Crippen molar-refractivity contribution in [3.8, 4) is 17.6 Å². The van der Waals surface area contributed by atoms with Gasteiger partial charge < -0.3 is 14.8 Å². The second kappa shape index (κ2) is 10.5. The monoisotopic (exact) mass is 451 g/mol. The molecule has 0 aromatic heterocycles. The first-order valence-corrected chi connectivity index (χ1v) is 10.6. The Bertz CT molecular complexity index is 1110. The summed E-state index contributed by atoms with van der Waals surface area (Å²) < 4.78 is 10.8. The number of hydrogen-bond acceptors (Lipinski definition) is 7. The van der Waals surface area contributed by atoms with Gasteiger partial charge in [0.25, 0.3) is 17.1 Å². The SMILES string of the molecule is CCOc1ccc(C=C2SC(=O)N(CCNC(=O)c3ccc(C#N)cc3)C2=O)cc1OC. The molecule has 1 saturated heterocycles. The van der Waals surface area contributed by atoms with Crippen molar-refractivity contribution >= 4 is 34.9 Å². The molecule has 0 saturated carbocycles. The van der Waals surface area contributed by atoms with Crippen LogP contribution in [-0.4, -0.2) is 48.8 Å². The Morgan fingerprint density at radius 1 is 1.19 bits per heavy atom. The average molecular weight is 452 g/mol. The summed E-state index contributed by atoms with van der Waals surface area (Å²) in [5.41, 5.74) is 1.55. The molecule has 0 spiro atoms. The summed E-state index contributed by atoms with van der Waals surface area (Å²) in [6.45, 7) is 2.53. The van der Waals surface area contributed by atoms with Gasteiger partial charge in [0.15, 0.2) is 11.5 Å². The van der Waals surface area contributed by atoms with E-state index in [1.807, 2.05) is 13.0 Å². The van der Waals surface area contributed by atoms with Crippen molar-refractivity contribution in [3.05, 3.63) is 64.1 Å². The first-order chi connectivity index (χ1) is 15.5. The predicted molar refractivity (Wildman–Crippen MR) is 120 cm³/mol. The molecule has 2 aromatic carbocycles. The molecule has 0 bridgehead atoms. The summed E-state index contributed by atoms with van der Waals surface area (Å²) in [5, 5.41) is 11.1. The van der Waals surface area contributed by atoms with Crippen molar-refractivity contribution in [2.45, 2.75) is 6.92 Å². The molecule has 1 aliphatic rings. The van der Waals surface area contributed by atoms with Crippen LogP contribution < -0.4 is 14.8 Å². The third-order valence-electron chi connectivity index (χ3n) is 4.56. The molecule has 3 amide bonds. The third-order valence-corrected chi connectivity index (χ3v) is 5.46. The highest BCUT2D eigenvalue weighted by Gasteiger charge is 2.34. The zero-order valence-electron chi connectivity index (χ0n) is 17.6. The number of amides is 3. The average Bonchev–Trinajstić information content (AvgIpc) is 3.07. The van der Waals surface area contributed by atoms with Crippen LogP contribution in [0.5, 0.6) is 11.5 Å². The van der Waals surface area contributed by atoms with Crippen molar-refractivity contribution in [2.24, 2.45) is 0 Å². The number of hydrogen-bond donors (Lipinski definition) is 1. The Hall–Kier alpha value is -3.77. The van der Waals surface area contributed by atoms with Gasteiger partial charge in [-0.25, -0.2) is 0 Å². The van der Waals surface area contributed by atoms with E-state index in [1.165, 1.54) is 7.11 Å². The summed E-state index contributed by atoms with van der Waals surface area (Å²) in [5.74, 6) is 0.363. The number of benzene rings is 2. The lowest BCUT2D eigenvalue weighted by Gasteiger charge is -2.13. The van der Waals surface area contributed by atoms with Crippen LogP contribution in [0.4, 0.5) is 4.79 Å². The number of imide groups is 1. The second-order valence-electron chi connectivity index (χ2n) is 6.62. The highest BCUT2D eigenvalue weighted by molar-refractivity contribution is 8.18. The molecule has 32 heavy (non-hydrogen) atoms. The Balaban J connectivity index is 1.62. The van der Waals surface area contributed by atoms with E-state index in [-0.39, 0.29) is 19.0 Å². The van der Waals surface area contributed by atoms with E-state index in [9.17, 15) is 14.4 Å². The number of rotatable bonds is 8. The fraction of sp³-hybridized carbons (Fsp3) is 0.217.